The Labute approximate surface area is 172 Å². The van der Waals surface area contributed by atoms with Gasteiger partial charge in [-0.05, 0) is 36.8 Å². The van der Waals surface area contributed by atoms with Crippen LogP contribution in [0, 0.1) is 6.92 Å². The number of rotatable bonds is 4. The van der Waals surface area contributed by atoms with Crippen LogP contribution in [0.4, 0.5) is 11.5 Å². The summed E-state index contributed by atoms with van der Waals surface area (Å²) in [6.45, 7) is 3.30. The van der Waals surface area contributed by atoms with E-state index in [1.165, 1.54) is 0 Å². The van der Waals surface area contributed by atoms with Crippen molar-refractivity contribution in [1.82, 2.24) is 15.0 Å². The van der Waals surface area contributed by atoms with Crippen molar-refractivity contribution in [2.75, 3.05) is 23.0 Å². The zero-order valence-corrected chi connectivity index (χ0v) is 17.1. The topological polar surface area (TPSA) is 94.1 Å². The highest BCUT2D eigenvalue weighted by Gasteiger charge is 2.22. The van der Waals surface area contributed by atoms with E-state index in [0.29, 0.717) is 23.7 Å². The van der Waals surface area contributed by atoms with Crippen LogP contribution in [0.5, 0.6) is 0 Å². The quantitative estimate of drug-likeness (QED) is 0.528. The summed E-state index contributed by atoms with van der Waals surface area (Å²) in [5.41, 5.74) is 4.32. The van der Waals surface area contributed by atoms with E-state index in [2.05, 4.69) is 25.2 Å². The zero-order valence-electron chi connectivity index (χ0n) is 16.3. The summed E-state index contributed by atoms with van der Waals surface area (Å²) in [6.07, 6.45) is 5.67. The Hall–Kier alpha value is -2.97. The van der Waals surface area contributed by atoms with Crippen LogP contribution in [0.3, 0.4) is 0 Å². The van der Waals surface area contributed by atoms with Gasteiger partial charge in [0.15, 0.2) is 0 Å². The van der Waals surface area contributed by atoms with Crippen LogP contribution in [0.15, 0.2) is 53.9 Å². The van der Waals surface area contributed by atoms with E-state index >= 15 is 0 Å². The van der Waals surface area contributed by atoms with Gasteiger partial charge in [-0.1, -0.05) is 12.1 Å². The highest BCUT2D eigenvalue weighted by Crippen LogP contribution is 2.23. The van der Waals surface area contributed by atoms with E-state index in [1.54, 1.807) is 30.8 Å². The lowest BCUT2D eigenvalue weighted by Crippen LogP contribution is -2.32. The standard InChI is InChI=1S/C21H21N5O2S/c1-14-4-3-5-17(10-14)24-20(27)15-6-8-22-19(11-15)26-9-7-18-16(13-26)12-23-21(25-18)29(2)28/h3-6,8,10-12H,7,9,13H2,1-2H3,(H,24,27). The Kier molecular flexibility index (Phi) is 5.46. The number of pyridine rings is 1. The lowest BCUT2D eigenvalue weighted by Gasteiger charge is -2.29. The molecule has 1 aliphatic rings. The Morgan fingerprint density at radius 1 is 1.24 bits per heavy atom. The minimum absolute atomic E-state index is 0.171. The first-order valence-electron chi connectivity index (χ1n) is 9.27. The van der Waals surface area contributed by atoms with Gasteiger partial charge in [-0.25, -0.2) is 4.98 Å². The Balaban J connectivity index is 1.51. The molecule has 1 atom stereocenters. The molecule has 1 aliphatic heterocycles. The summed E-state index contributed by atoms with van der Waals surface area (Å²) in [6, 6.07) is 11.2. The van der Waals surface area contributed by atoms with E-state index in [0.717, 1.165) is 34.9 Å². The van der Waals surface area contributed by atoms with Crippen LogP contribution in [0.1, 0.15) is 27.2 Å². The van der Waals surface area contributed by atoms with Gasteiger partial charge in [-0.2, -0.15) is 9.97 Å². The van der Waals surface area contributed by atoms with E-state index in [4.69, 9.17) is 0 Å². The van der Waals surface area contributed by atoms with Gasteiger partial charge in [0, 0.05) is 59.9 Å². The van der Waals surface area contributed by atoms with Crippen molar-refractivity contribution >= 4 is 28.6 Å². The maximum atomic E-state index is 12.7. The average molecular weight is 407 g/mol. The van der Waals surface area contributed by atoms with Crippen LogP contribution in [-0.2, 0) is 24.1 Å². The molecule has 1 amide bonds. The van der Waals surface area contributed by atoms with Gasteiger partial charge in [0.05, 0.1) is 5.69 Å². The molecule has 4 rings (SSSR count). The molecular weight excluding hydrogens is 386 g/mol. The van der Waals surface area contributed by atoms with Crippen LogP contribution in [-0.4, -0.2) is 38.2 Å². The number of hydrogen-bond donors (Lipinski definition) is 1. The Morgan fingerprint density at radius 2 is 2.10 bits per heavy atom. The summed E-state index contributed by atoms with van der Waals surface area (Å²) in [5, 5.41) is 3.29. The lowest BCUT2D eigenvalue weighted by molar-refractivity contribution is 0.102. The second-order valence-corrected chi connectivity index (χ2v) is 8.25. The van der Waals surface area contributed by atoms with Crippen molar-refractivity contribution in [2.45, 2.75) is 25.0 Å². The molecule has 0 saturated heterocycles. The number of nitrogens with zero attached hydrogens (tertiary/aromatic N) is 4. The number of anilines is 2. The monoisotopic (exact) mass is 407 g/mol. The number of aromatic nitrogens is 3. The van der Waals surface area contributed by atoms with Crippen LogP contribution in [0.2, 0.25) is 0 Å². The van der Waals surface area contributed by atoms with Gasteiger partial charge < -0.3 is 14.8 Å². The third kappa shape index (κ3) is 4.38. The van der Waals surface area contributed by atoms with Gasteiger partial charge in [0.25, 0.3) is 5.91 Å². The molecule has 1 aromatic carbocycles. The van der Waals surface area contributed by atoms with Crippen molar-refractivity contribution in [3.63, 3.8) is 0 Å². The molecule has 3 heterocycles. The molecule has 0 bridgehead atoms. The minimum Gasteiger partial charge on any atom is -0.609 e. The van der Waals surface area contributed by atoms with Crippen molar-refractivity contribution in [2.24, 2.45) is 0 Å². The van der Waals surface area contributed by atoms with Crippen LogP contribution in [0.25, 0.3) is 0 Å². The number of carbonyl (C=O) groups excluding carboxylic acids is 1. The van der Waals surface area contributed by atoms with Crippen LogP contribution >= 0.6 is 0 Å². The van der Waals surface area contributed by atoms with Gasteiger partial charge in [0.2, 0.25) is 0 Å². The summed E-state index contributed by atoms with van der Waals surface area (Å²) < 4.78 is 11.6. The number of carbonyl (C=O) groups is 1. The first kappa shape index (κ1) is 19.4. The fourth-order valence-electron chi connectivity index (χ4n) is 3.29. The van der Waals surface area contributed by atoms with Crippen molar-refractivity contribution in [1.29, 1.82) is 0 Å². The van der Waals surface area contributed by atoms with Crippen molar-refractivity contribution in [3.8, 4) is 0 Å². The molecule has 1 unspecified atom stereocenters. The van der Waals surface area contributed by atoms with Gasteiger partial charge >= 0.3 is 5.16 Å². The molecular formula is C21H21N5O2S. The zero-order chi connectivity index (χ0) is 20.4. The summed E-state index contributed by atoms with van der Waals surface area (Å²) in [4.78, 5) is 27.8. The fourth-order valence-corrected chi connectivity index (χ4v) is 3.73. The van der Waals surface area contributed by atoms with Crippen molar-refractivity contribution in [3.05, 3.63) is 71.2 Å². The minimum atomic E-state index is -1.19. The SMILES string of the molecule is Cc1cccc(NC(=O)c2ccnc(N3CCc4nc([S+](C)[O-])ncc4C3)c2)c1. The van der Waals surface area contributed by atoms with E-state index < -0.39 is 11.2 Å². The lowest BCUT2D eigenvalue weighted by atomic mass is 10.1. The number of nitrogens with one attached hydrogen (secondary N) is 1. The molecule has 3 aromatic rings. The first-order chi connectivity index (χ1) is 14.0. The predicted octanol–water partition coefficient (Wildman–Crippen LogP) is 2.73. The van der Waals surface area contributed by atoms with Crippen LogP contribution < -0.4 is 10.2 Å². The number of amides is 1. The maximum absolute atomic E-state index is 12.7. The molecule has 0 radical (unpaired) electrons. The van der Waals surface area contributed by atoms with Gasteiger partial charge in [-0.15, -0.1) is 0 Å². The first-order valence-corrected chi connectivity index (χ1v) is 10.8. The van der Waals surface area contributed by atoms with Gasteiger partial charge in [-0.3, -0.25) is 4.79 Å². The van der Waals surface area contributed by atoms with Crippen molar-refractivity contribution < 1.29 is 9.35 Å². The Bertz CT molecular complexity index is 1060. The number of fused-ring (bicyclic) bond motifs is 1. The van der Waals surface area contributed by atoms with E-state index in [9.17, 15) is 9.35 Å². The van der Waals surface area contributed by atoms with Gasteiger partial charge in [0.1, 0.15) is 12.1 Å². The molecule has 148 valence electrons. The molecule has 7 nitrogen and oxygen atoms in total. The largest absolute Gasteiger partial charge is 0.609 e. The van der Waals surface area contributed by atoms with E-state index in [1.807, 2.05) is 31.2 Å². The molecule has 0 aliphatic carbocycles. The summed E-state index contributed by atoms with van der Waals surface area (Å²) >= 11 is -1.19. The predicted molar refractivity (Wildman–Crippen MR) is 112 cm³/mol. The second kappa shape index (κ2) is 8.18. The molecule has 8 heteroatoms. The number of aryl methyl sites for hydroxylation is 1. The molecule has 29 heavy (non-hydrogen) atoms. The maximum Gasteiger partial charge on any atom is 0.342 e. The molecule has 1 N–H and O–H groups in total. The Morgan fingerprint density at radius 3 is 2.90 bits per heavy atom. The summed E-state index contributed by atoms with van der Waals surface area (Å²) in [5.74, 6) is 0.561. The highest BCUT2D eigenvalue weighted by atomic mass is 32.2. The highest BCUT2D eigenvalue weighted by molar-refractivity contribution is 7.90. The third-order valence-corrected chi connectivity index (χ3v) is 5.49. The summed E-state index contributed by atoms with van der Waals surface area (Å²) in [7, 11) is 0. The smallest absolute Gasteiger partial charge is 0.342 e. The third-order valence-electron chi connectivity index (χ3n) is 4.78. The molecule has 2 aromatic heterocycles. The molecule has 0 saturated carbocycles. The number of hydrogen-bond acceptors (Lipinski definition) is 6. The average Bonchev–Trinajstić information content (AvgIpc) is 2.73. The normalized spacial score (nSPS) is 14.2. The number of benzene rings is 1. The van der Waals surface area contributed by atoms with E-state index in [-0.39, 0.29) is 5.91 Å². The molecule has 0 spiro atoms. The fraction of sp³-hybridized carbons (Fsp3) is 0.238. The second-order valence-electron chi connectivity index (χ2n) is 6.98. The molecule has 0 fully saturated rings.